The van der Waals surface area contributed by atoms with Gasteiger partial charge >= 0.3 is 30.2 Å². The first-order valence-electron chi connectivity index (χ1n) is 24.6. The molecule has 0 saturated carbocycles. The highest BCUT2D eigenvalue weighted by Gasteiger charge is 2.60. The first-order valence-corrected chi connectivity index (χ1v) is 24.6. The molecule has 9 amide bonds. The largest absolute Gasteiger partial charge is 0.480 e. The number of carbonyl (C=O) groups excluding carboxylic acids is 7. The summed E-state index contributed by atoms with van der Waals surface area (Å²) < 4.78 is 120. The third kappa shape index (κ3) is 11.8. The summed E-state index contributed by atoms with van der Waals surface area (Å²) in [6, 6.07) is 6.39. The fraction of sp³-hybridized carbons (Fsp3) is 0.407. The maximum absolute atomic E-state index is 14.8. The van der Waals surface area contributed by atoms with Gasteiger partial charge in [-0.1, -0.05) is 14.9 Å². The van der Waals surface area contributed by atoms with Crippen molar-refractivity contribution in [1.29, 1.82) is 0 Å². The number of hydrogen-bond acceptors (Lipinski definition) is 11. The summed E-state index contributed by atoms with van der Waals surface area (Å²) >= 11 is 0. The van der Waals surface area contributed by atoms with Gasteiger partial charge in [0, 0.05) is 56.2 Å². The molecule has 6 atom stereocenters. The first kappa shape index (κ1) is 61.8. The molecule has 4 aromatic rings. The number of rotatable bonds is 8. The number of nitrogens with one attached hydrogen (secondary N) is 5. The summed E-state index contributed by atoms with van der Waals surface area (Å²) in [5.41, 5.74) is -1.87. The fourth-order valence-electron chi connectivity index (χ4n) is 10.7. The Labute approximate surface area is 458 Å². The molecule has 4 fully saturated rings. The number of likely N-dealkylation sites (tertiary alicyclic amines) is 1. The van der Waals surface area contributed by atoms with Crippen LogP contribution in [0.25, 0.3) is 0 Å². The van der Waals surface area contributed by atoms with E-state index in [4.69, 9.17) is 14.6 Å². The fourth-order valence-corrected chi connectivity index (χ4v) is 10.7. The Balaban J connectivity index is 0.000000215. The van der Waals surface area contributed by atoms with E-state index in [-0.39, 0.29) is 68.2 Å². The van der Waals surface area contributed by atoms with Crippen LogP contribution in [0.3, 0.4) is 0 Å². The maximum Gasteiger partial charge on any atom is 0.418 e. The zero-order chi connectivity index (χ0) is 57.6. The summed E-state index contributed by atoms with van der Waals surface area (Å²) in [4.78, 5) is 100. The predicted octanol–water partition coefficient (Wildman–Crippen LogP) is 8.84. The number of hydrogen-bond donors (Lipinski definition) is 6. The number of ether oxygens (including phenoxy) is 2. The van der Waals surface area contributed by atoms with Gasteiger partial charge in [-0.3, -0.25) is 19.2 Å². The van der Waals surface area contributed by atoms with E-state index >= 15 is 0 Å². The second kappa shape index (κ2) is 24.2. The lowest BCUT2D eigenvalue weighted by Crippen LogP contribution is -2.46. The van der Waals surface area contributed by atoms with E-state index in [1.165, 1.54) is 31.1 Å². The molecule has 81 heavy (non-hydrogen) atoms. The third-order valence-electron chi connectivity index (χ3n) is 14.6. The van der Waals surface area contributed by atoms with Crippen LogP contribution in [0.4, 0.5) is 65.7 Å². The van der Waals surface area contributed by atoms with Gasteiger partial charge in [-0.2, -0.15) is 0 Å². The Morgan fingerprint density at radius 2 is 1.04 bits per heavy atom. The van der Waals surface area contributed by atoms with E-state index in [0.29, 0.717) is 51.8 Å². The molecule has 0 aromatic heterocycles. The van der Waals surface area contributed by atoms with Gasteiger partial charge in [0.15, 0.2) is 34.9 Å². The monoisotopic (exact) mass is 1150 g/mol. The van der Waals surface area contributed by atoms with Crippen LogP contribution in [0.2, 0.25) is 0 Å². The molecule has 436 valence electrons. The van der Waals surface area contributed by atoms with Crippen LogP contribution in [-0.4, -0.2) is 107 Å². The Morgan fingerprint density at radius 1 is 0.605 bits per heavy atom. The Kier molecular flexibility index (Phi) is 18.4. The summed E-state index contributed by atoms with van der Waals surface area (Å²) in [6.07, 6.45) is 1.06. The molecule has 4 saturated heterocycles. The van der Waals surface area contributed by atoms with Gasteiger partial charge < -0.3 is 46.1 Å². The third-order valence-corrected chi connectivity index (χ3v) is 14.6. The number of aliphatic carboxylic acids is 1. The number of carboxylic acids is 1. The summed E-state index contributed by atoms with van der Waals surface area (Å²) in [5, 5.41) is 21.3. The van der Waals surface area contributed by atoms with Crippen molar-refractivity contribution in [2.24, 2.45) is 0 Å². The topological polar surface area (TPSA) is 245 Å². The number of halogens is 8. The summed E-state index contributed by atoms with van der Waals surface area (Å²) in [5.74, 6) is -13.4. The van der Waals surface area contributed by atoms with E-state index in [9.17, 15) is 73.5 Å². The SMILES string of the molecule is C.C.CNC(=O)Nc1cc2c(cc1F)[C@]1(CC2)OC(=O)N(CC(=O)N2[C@@H](C)CC[C@H]2c2cc(F)c(F)c(F)c2)C1=O.CNC(=O)Nc1cc2c(cc1F)[C@]1(CC2)OC(=O)N(CC(=O)O)C1=O.C[C@H]1CC[C@@H](c2cc(F)c(F)c(F)c2)N1. The molecule has 4 aromatic carbocycles. The lowest BCUT2D eigenvalue weighted by Gasteiger charge is -2.30. The molecule has 27 heteroatoms. The zero-order valence-corrected chi connectivity index (χ0v) is 42.4. The lowest BCUT2D eigenvalue weighted by molar-refractivity contribution is -0.144. The van der Waals surface area contributed by atoms with E-state index in [1.807, 2.05) is 6.92 Å². The van der Waals surface area contributed by atoms with Gasteiger partial charge in [-0.25, -0.2) is 64.1 Å². The van der Waals surface area contributed by atoms with Crippen molar-refractivity contribution in [1.82, 2.24) is 30.7 Å². The number of aryl methyl sites for hydroxylation is 2. The Morgan fingerprint density at radius 3 is 1.44 bits per heavy atom. The summed E-state index contributed by atoms with van der Waals surface area (Å²) in [6.45, 7) is 2.19. The van der Waals surface area contributed by atoms with E-state index in [0.717, 1.165) is 49.2 Å². The molecular formula is C54H58F8N8O11. The molecule has 0 bridgehead atoms. The minimum absolute atomic E-state index is 0. The average molecular weight is 1150 g/mol. The van der Waals surface area contributed by atoms with Crippen LogP contribution in [0, 0.1) is 46.5 Å². The highest BCUT2D eigenvalue weighted by atomic mass is 19.2. The second-order valence-electron chi connectivity index (χ2n) is 19.5. The van der Waals surface area contributed by atoms with Crippen LogP contribution in [0.1, 0.15) is 113 Å². The van der Waals surface area contributed by atoms with Crippen LogP contribution < -0.4 is 26.6 Å². The molecule has 2 spiro atoms. The molecule has 0 unspecified atom stereocenters. The van der Waals surface area contributed by atoms with Crippen LogP contribution in [0.15, 0.2) is 48.5 Å². The molecule has 0 radical (unpaired) electrons. The second-order valence-corrected chi connectivity index (χ2v) is 19.5. The highest BCUT2D eigenvalue weighted by Crippen LogP contribution is 2.48. The van der Waals surface area contributed by atoms with Gasteiger partial charge in [0.25, 0.3) is 11.8 Å². The Hall–Kier alpha value is -8.36. The van der Waals surface area contributed by atoms with Crippen molar-refractivity contribution >= 4 is 59.3 Å². The molecule has 6 N–H and O–H groups in total. The molecular weight excluding hydrogens is 1090 g/mol. The van der Waals surface area contributed by atoms with E-state index in [1.54, 1.807) is 6.92 Å². The van der Waals surface area contributed by atoms with Crippen molar-refractivity contribution in [2.75, 3.05) is 37.8 Å². The highest BCUT2D eigenvalue weighted by molar-refractivity contribution is 6.07. The number of amides is 9. The van der Waals surface area contributed by atoms with Gasteiger partial charge in [-0.05, 0) is 123 Å². The van der Waals surface area contributed by atoms with Crippen molar-refractivity contribution in [3.8, 4) is 0 Å². The number of imide groups is 2. The number of fused-ring (bicyclic) bond motifs is 4. The number of urea groups is 2. The number of benzene rings is 4. The van der Waals surface area contributed by atoms with E-state index in [2.05, 4.69) is 26.6 Å². The average Bonchev–Trinajstić information content (AvgIpc) is 4.26. The minimum Gasteiger partial charge on any atom is -0.480 e. The Bertz CT molecular complexity index is 3180. The predicted molar refractivity (Wildman–Crippen MR) is 272 cm³/mol. The van der Waals surface area contributed by atoms with Crippen molar-refractivity contribution in [3.63, 3.8) is 0 Å². The number of carbonyl (C=O) groups is 8. The number of carboxylic acid groups (broad SMARTS) is 1. The molecule has 10 rings (SSSR count). The van der Waals surface area contributed by atoms with Crippen LogP contribution in [0.5, 0.6) is 0 Å². The van der Waals surface area contributed by atoms with Crippen LogP contribution >= 0.6 is 0 Å². The zero-order valence-electron chi connectivity index (χ0n) is 42.4. The standard InChI is InChI=1S/C26H24F4N4O5.C15H14FN3O6.C11H12F3N.2CH4/c1-12-3-4-20(14-7-17(28)22(30)18(29)8-14)34(12)21(35)11-33-23(36)26(39-25(33)38)6-5-13-9-19(32-24(37)31-2)16(27)10-15(13)26;1-17-13(23)18-10-4-7-2-3-15(8(7)5-9(10)16)12(22)19(6-11(20)21)14(24)25-15;1-6-2-3-10(15-6)7-4-8(12)11(14)9(13)5-7;;/h7-10,12,20H,3-6,11H2,1-2H3,(H2,31,32,37);4-5H,2-3,6H2,1H3,(H,20,21)(H2,17,18,23);4-6,10,15H,2-3H2,1H3;2*1H4/t12-,20-,26-;15-;6-,10-;;/m000../s1. The van der Waals surface area contributed by atoms with Crippen molar-refractivity contribution < 1.29 is 88.1 Å². The van der Waals surface area contributed by atoms with Gasteiger partial charge in [0.2, 0.25) is 17.1 Å². The van der Waals surface area contributed by atoms with Gasteiger partial charge in [0.05, 0.1) is 17.4 Å². The first-order chi connectivity index (χ1) is 37.3. The van der Waals surface area contributed by atoms with Crippen LogP contribution in [-0.2, 0) is 52.7 Å². The number of nitrogens with zero attached hydrogens (tertiary/aromatic N) is 3. The smallest absolute Gasteiger partial charge is 0.418 e. The molecule has 2 aliphatic carbocycles. The number of anilines is 2. The van der Waals surface area contributed by atoms with Crippen molar-refractivity contribution in [2.45, 2.75) is 115 Å². The summed E-state index contributed by atoms with van der Waals surface area (Å²) in [7, 11) is 2.74. The molecule has 4 aliphatic heterocycles. The molecule has 6 aliphatic rings. The molecule has 4 heterocycles. The molecule has 19 nitrogen and oxygen atoms in total. The maximum atomic E-state index is 14.8. The van der Waals surface area contributed by atoms with Gasteiger partial charge in [-0.15, -0.1) is 0 Å². The normalized spacial score (nSPS) is 22.8. The minimum atomic E-state index is -1.82. The lowest BCUT2D eigenvalue weighted by atomic mass is 9.94. The van der Waals surface area contributed by atoms with E-state index < -0.39 is 131 Å². The van der Waals surface area contributed by atoms with Gasteiger partial charge in [0.1, 0.15) is 24.7 Å². The quantitative estimate of drug-likeness (QED) is 0.0716. The van der Waals surface area contributed by atoms with Crippen molar-refractivity contribution in [3.05, 3.63) is 128 Å².